The Kier molecular flexibility index (Phi) is 6.12. The summed E-state index contributed by atoms with van der Waals surface area (Å²) in [4.78, 5) is 25.0. The van der Waals surface area contributed by atoms with Crippen LogP contribution in [0.1, 0.15) is 18.4 Å². The second-order valence-corrected chi connectivity index (χ2v) is 8.13. The highest BCUT2D eigenvalue weighted by molar-refractivity contribution is 7.88. The summed E-state index contributed by atoms with van der Waals surface area (Å²) < 4.78 is 37.4. The van der Waals surface area contributed by atoms with E-state index in [1.54, 1.807) is 0 Å². The number of amides is 1. The Hall–Kier alpha value is -2.00. The molecule has 25 heavy (non-hydrogen) atoms. The lowest BCUT2D eigenvalue weighted by Crippen LogP contribution is -2.45. The van der Waals surface area contributed by atoms with Gasteiger partial charge in [-0.1, -0.05) is 12.1 Å². The van der Waals surface area contributed by atoms with Crippen LogP contribution in [0.2, 0.25) is 0 Å². The van der Waals surface area contributed by atoms with E-state index < -0.39 is 34.3 Å². The summed E-state index contributed by atoms with van der Waals surface area (Å²) in [6.07, 6.45) is 1.83. The van der Waals surface area contributed by atoms with Crippen LogP contribution >= 0.6 is 0 Å². The Bertz CT molecular complexity index is 727. The van der Waals surface area contributed by atoms with E-state index in [4.69, 9.17) is 5.11 Å². The molecule has 1 aromatic carbocycles. The molecule has 1 fully saturated rings. The van der Waals surface area contributed by atoms with Crippen molar-refractivity contribution >= 4 is 21.9 Å². The largest absolute Gasteiger partial charge is 0.480 e. The molecule has 0 atom stereocenters. The van der Waals surface area contributed by atoms with Crippen molar-refractivity contribution in [3.05, 3.63) is 35.6 Å². The molecule has 1 aliphatic heterocycles. The first kappa shape index (κ1) is 19.3. The molecule has 1 N–H and O–H groups in total. The zero-order valence-corrected chi connectivity index (χ0v) is 14.7. The number of aliphatic carboxylic acids is 1. The van der Waals surface area contributed by atoms with Crippen molar-refractivity contribution in [1.82, 2.24) is 9.21 Å². The minimum Gasteiger partial charge on any atom is -0.480 e. The van der Waals surface area contributed by atoms with Crippen LogP contribution in [0.5, 0.6) is 0 Å². The van der Waals surface area contributed by atoms with E-state index >= 15 is 0 Å². The number of hydrogen-bond donors (Lipinski definition) is 1. The summed E-state index contributed by atoms with van der Waals surface area (Å²) in [5.41, 5.74) is 0.629. The fraction of sp³-hybridized carbons (Fsp3) is 0.500. The second kappa shape index (κ2) is 7.92. The molecule has 0 bridgehead atoms. The quantitative estimate of drug-likeness (QED) is 0.801. The molecule has 1 aliphatic rings. The molecule has 1 aromatic rings. The van der Waals surface area contributed by atoms with Gasteiger partial charge in [-0.25, -0.2) is 17.1 Å². The van der Waals surface area contributed by atoms with E-state index in [0.717, 1.165) is 6.26 Å². The molecule has 2 rings (SSSR count). The average Bonchev–Trinajstić information content (AvgIpc) is 2.54. The summed E-state index contributed by atoms with van der Waals surface area (Å²) >= 11 is 0. The maximum absolute atomic E-state index is 13.0. The molecule has 1 amide bonds. The number of carbonyl (C=O) groups excluding carboxylic acids is 1. The fourth-order valence-electron chi connectivity index (χ4n) is 2.88. The monoisotopic (exact) mass is 372 g/mol. The van der Waals surface area contributed by atoms with Crippen LogP contribution < -0.4 is 0 Å². The van der Waals surface area contributed by atoms with E-state index in [1.807, 2.05) is 0 Å². The predicted molar refractivity (Wildman–Crippen MR) is 88.6 cm³/mol. The number of halogens is 1. The molecular weight excluding hydrogens is 351 g/mol. The van der Waals surface area contributed by atoms with Gasteiger partial charge < -0.3 is 10.0 Å². The number of carboxylic acids is 1. The molecule has 138 valence electrons. The molecule has 0 unspecified atom stereocenters. The highest BCUT2D eigenvalue weighted by atomic mass is 32.2. The maximum atomic E-state index is 13.0. The highest BCUT2D eigenvalue weighted by Crippen LogP contribution is 2.22. The van der Waals surface area contributed by atoms with Gasteiger partial charge in [-0.3, -0.25) is 9.59 Å². The SMILES string of the molecule is CS(=O)(=O)N1CCC(C(=O)N(CC(=O)O)Cc2ccc(F)cc2)CC1. The van der Waals surface area contributed by atoms with Gasteiger partial charge in [0, 0.05) is 25.6 Å². The third-order valence-corrected chi connectivity index (χ3v) is 5.50. The van der Waals surface area contributed by atoms with Gasteiger partial charge in [0.25, 0.3) is 0 Å². The zero-order chi connectivity index (χ0) is 18.6. The molecular formula is C16H21FN2O5S. The van der Waals surface area contributed by atoms with Crippen molar-refractivity contribution in [2.45, 2.75) is 19.4 Å². The van der Waals surface area contributed by atoms with Gasteiger partial charge in [0.05, 0.1) is 6.26 Å². The minimum atomic E-state index is -3.29. The molecule has 0 spiro atoms. The molecule has 0 aromatic heterocycles. The number of sulfonamides is 1. The number of piperidine rings is 1. The van der Waals surface area contributed by atoms with Crippen molar-refractivity contribution in [2.24, 2.45) is 5.92 Å². The van der Waals surface area contributed by atoms with E-state index in [1.165, 1.54) is 33.5 Å². The van der Waals surface area contributed by atoms with Gasteiger partial charge in [0.2, 0.25) is 15.9 Å². The first-order valence-corrected chi connectivity index (χ1v) is 9.72. The van der Waals surface area contributed by atoms with Gasteiger partial charge in [0.1, 0.15) is 12.4 Å². The number of nitrogens with zero attached hydrogens (tertiary/aromatic N) is 2. The fourth-order valence-corrected chi connectivity index (χ4v) is 3.75. The predicted octanol–water partition coefficient (Wildman–Crippen LogP) is 0.910. The van der Waals surface area contributed by atoms with Gasteiger partial charge in [-0.15, -0.1) is 0 Å². The molecule has 0 radical (unpaired) electrons. The third kappa shape index (κ3) is 5.50. The standard InChI is InChI=1S/C16H21FN2O5S/c1-25(23,24)19-8-6-13(7-9-19)16(22)18(11-15(20)21)10-12-2-4-14(17)5-3-12/h2-5,13H,6-11H2,1H3,(H,20,21). The summed E-state index contributed by atoms with van der Waals surface area (Å²) in [6.45, 7) is 0.0968. The molecule has 7 nitrogen and oxygen atoms in total. The van der Waals surface area contributed by atoms with Gasteiger partial charge >= 0.3 is 5.97 Å². The van der Waals surface area contributed by atoms with E-state index in [0.29, 0.717) is 18.4 Å². The number of carboxylic acid groups (broad SMARTS) is 1. The summed E-state index contributed by atoms with van der Waals surface area (Å²) in [7, 11) is -3.29. The van der Waals surface area contributed by atoms with Gasteiger partial charge in [-0.2, -0.15) is 0 Å². The topological polar surface area (TPSA) is 95.0 Å². The van der Waals surface area contributed by atoms with Crippen LogP contribution in [0.25, 0.3) is 0 Å². The molecule has 9 heteroatoms. The van der Waals surface area contributed by atoms with Crippen LogP contribution in [0.15, 0.2) is 24.3 Å². The van der Waals surface area contributed by atoms with Crippen LogP contribution in [0.3, 0.4) is 0 Å². The minimum absolute atomic E-state index is 0.0672. The van der Waals surface area contributed by atoms with E-state index in [2.05, 4.69) is 0 Å². The Morgan fingerprint density at radius 2 is 1.80 bits per heavy atom. The van der Waals surface area contributed by atoms with Crippen molar-refractivity contribution in [2.75, 3.05) is 25.9 Å². The lowest BCUT2D eigenvalue weighted by molar-refractivity contribution is -0.147. The molecule has 0 aliphatic carbocycles. The number of rotatable bonds is 6. The van der Waals surface area contributed by atoms with Crippen molar-refractivity contribution in [1.29, 1.82) is 0 Å². The summed E-state index contributed by atoms with van der Waals surface area (Å²) in [6, 6.07) is 5.51. The smallest absolute Gasteiger partial charge is 0.323 e. The zero-order valence-electron chi connectivity index (χ0n) is 13.9. The maximum Gasteiger partial charge on any atom is 0.323 e. The third-order valence-electron chi connectivity index (χ3n) is 4.20. The lowest BCUT2D eigenvalue weighted by Gasteiger charge is -2.32. The summed E-state index contributed by atoms with van der Waals surface area (Å²) in [5, 5.41) is 9.06. The van der Waals surface area contributed by atoms with Crippen LogP contribution in [0, 0.1) is 11.7 Å². The average molecular weight is 372 g/mol. The Morgan fingerprint density at radius 3 is 2.28 bits per heavy atom. The van der Waals surface area contributed by atoms with Crippen LogP contribution in [0.4, 0.5) is 4.39 Å². The number of carbonyl (C=O) groups is 2. The van der Waals surface area contributed by atoms with Gasteiger partial charge in [-0.05, 0) is 30.5 Å². The molecule has 1 heterocycles. The van der Waals surface area contributed by atoms with Gasteiger partial charge in [0.15, 0.2) is 0 Å². The Balaban J connectivity index is 2.06. The van der Waals surface area contributed by atoms with Crippen LogP contribution in [-0.2, 0) is 26.2 Å². The first-order valence-electron chi connectivity index (χ1n) is 7.87. The van der Waals surface area contributed by atoms with Crippen molar-refractivity contribution in [3.63, 3.8) is 0 Å². The Morgan fingerprint density at radius 1 is 1.24 bits per heavy atom. The normalized spacial score (nSPS) is 16.6. The first-order chi connectivity index (χ1) is 11.7. The lowest BCUT2D eigenvalue weighted by atomic mass is 9.96. The second-order valence-electron chi connectivity index (χ2n) is 6.15. The van der Waals surface area contributed by atoms with Crippen molar-refractivity contribution in [3.8, 4) is 0 Å². The van der Waals surface area contributed by atoms with Crippen LogP contribution in [-0.4, -0.2) is 60.5 Å². The molecule has 1 saturated heterocycles. The molecule has 0 saturated carbocycles. The number of benzene rings is 1. The number of hydrogen-bond acceptors (Lipinski definition) is 4. The highest BCUT2D eigenvalue weighted by Gasteiger charge is 2.32. The van der Waals surface area contributed by atoms with Crippen molar-refractivity contribution < 1.29 is 27.5 Å². The van der Waals surface area contributed by atoms with E-state index in [-0.39, 0.29) is 25.5 Å². The van der Waals surface area contributed by atoms with E-state index in [9.17, 15) is 22.4 Å². The summed E-state index contributed by atoms with van der Waals surface area (Å²) in [5.74, 6) is -2.28. The Labute approximate surface area is 146 Å².